The molecule has 0 bridgehead atoms. The van der Waals surface area contributed by atoms with Gasteiger partial charge in [-0.1, -0.05) is 13.8 Å². The zero-order valence-electron chi connectivity index (χ0n) is 11.4. The van der Waals surface area contributed by atoms with Crippen LogP contribution in [0.1, 0.15) is 39.4 Å². The van der Waals surface area contributed by atoms with Crippen molar-refractivity contribution >= 4 is 11.6 Å². The van der Waals surface area contributed by atoms with Crippen molar-refractivity contribution in [1.82, 2.24) is 9.97 Å². The monoisotopic (exact) mass is 236 g/mol. The molecule has 0 saturated carbocycles. The molecule has 4 nitrogen and oxygen atoms in total. The van der Waals surface area contributed by atoms with Crippen LogP contribution in [0, 0.1) is 12.8 Å². The maximum absolute atomic E-state index is 4.37. The Morgan fingerprint density at radius 3 is 2.41 bits per heavy atom. The first-order valence-corrected chi connectivity index (χ1v) is 6.45. The van der Waals surface area contributed by atoms with Crippen molar-refractivity contribution in [3.63, 3.8) is 0 Å². The minimum absolute atomic E-state index is 0.765. The Hall–Kier alpha value is -1.32. The van der Waals surface area contributed by atoms with Crippen LogP contribution in [0.4, 0.5) is 11.6 Å². The molecule has 0 aliphatic carbocycles. The first-order chi connectivity index (χ1) is 8.11. The van der Waals surface area contributed by atoms with Crippen LogP contribution in [0.5, 0.6) is 0 Å². The molecule has 0 fully saturated rings. The van der Waals surface area contributed by atoms with E-state index in [2.05, 4.69) is 41.4 Å². The third-order valence-electron chi connectivity index (χ3n) is 2.46. The molecule has 0 spiro atoms. The van der Waals surface area contributed by atoms with Crippen molar-refractivity contribution < 1.29 is 0 Å². The summed E-state index contributed by atoms with van der Waals surface area (Å²) in [5.74, 6) is 3.37. The molecule has 1 heterocycles. The summed E-state index contributed by atoms with van der Waals surface area (Å²) in [5, 5.41) is 6.55. The van der Waals surface area contributed by atoms with Gasteiger partial charge in [0.1, 0.15) is 17.5 Å². The number of hydrogen-bond donors (Lipinski definition) is 2. The van der Waals surface area contributed by atoms with E-state index in [1.165, 1.54) is 12.8 Å². The first-order valence-electron chi connectivity index (χ1n) is 6.45. The topological polar surface area (TPSA) is 49.8 Å². The standard InChI is InChI=1S/C13H24N4/c1-5-14-12-9-13(17-11(4)16-12)15-8-6-7-10(2)3/h9-10H,5-8H2,1-4H3,(H2,14,15,16,17). The van der Waals surface area contributed by atoms with E-state index in [1.807, 2.05) is 13.0 Å². The molecule has 0 aromatic carbocycles. The summed E-state index contributed by atoms with van der Waals surface area (Å²) in [4.78, 5) is 8.69. The number of nitrogens with zero attached hydrogens (tertiary/aromatic N) is 2. The Balaban J connectivity index is 2.46. The summed E-state index contributed by atoms with van der Waals surface area (Å²) in [6.07, 6.45) is 2.42. The minimum atomic E-state index is 0.765. The summed E-state index contributed by atoms with van der Waals surface area (Å²) in [5.41, 5.74) is 0. The summed E-state index contributed by atoms with van der Waals surface area (Å²) in [7, 11) is 0. The predicted octanol–water partition coefficient (Wildman–Crippen LogP) is 3.06. The highest BCUT2D eigenvalue weighted by Gasteiger charge is 2.00. The Kier molecular flexibility index (Phi) is 5.73. The van der Waals surface area contributed by atoms with E-state index in [-0.39, 0.29) is 0 Å². The number of nitrogens with one attached hydrogen (secondary N) is 2. The van der Waals surface area contributed by atoms with Gasteiger partial charge in [-0.15, -0.1) is 0 Å². The Bertz CT molecular complexity index is 336. The van der Waals surface area contributed by atoms with Crippen LogP contribution in [-0.4, -0.2) is 23.1 Å². The Labute approximate surface area is 104 Å². The number of hydrogen-bond acceptors (Lipinski definition) is 4. The molecule has 0 atom stereocenters. The van der Waals surface area contributed by atoms with Crippen LogP contribution < -0.4 is 10.6 Å². The fourth-order valence-electron chi connectivity index (χ4n) is 1.66. The third-order valence-corrected chi connectivity index (χ3v) is 2.46. The SMILES string of the molecule is CCNc1cc(NCCCC(C)C)nc(C)n1. The van der Waals surface area contributed by atoms with Crippen LogP contribution in [0.3, 0.4) is 0 Å². The molecule has 4 heteroatoms. The lowest BCUT2D eigenvalue weighted by Crippen LogP contribution is -2.08. The van der Waals surface area contributed by atoms with Gasteiger partial charge in [0.15, 0.2) is 0 Å². The van der Waals surface area contributed by atoms with Gasteiger partial charge in [-0.2, -0.15) is 0 Å². The maximum atomic E-state index is 4.37. The van der Waals surface area contributed by atoms with Crippen molar-refractivity contribution in [3.05, 3.63) is 11.9 Å². The van der Waals surface area contributed by atoms with Gasteiger partial charge in [0.2, 0.25) is 0 Å². The Morgan fingerprint density at radius 1 is 1.18 bits per heavy atom. The highest BCUT2D eigenvalue weighted by molar-refractivity contribution is 5.47. The van der Waals surface area contributed by atoms with E-state index in [1.54, 1.807) is 0 Å². The molecule has 0 unspecified atom stereocenters. The van der Waals surface area contributed by atoms with Crippen molar-refractivity contribution in [1.29, 1.82) is 0 Å². The van der Waals surface area contributed by atoms with Crippen LogP contribution in [0.2, 0.25) is 0 Å². The van der Waals surface area contributed by atoms with E-state index in [0.717, 1.165) is 36.5 Å². The fourth-order valence-corrected chi connectivity index (χ4v) is 1.66. The van der Waals surface area contributed by atoms with E-state index in [9.17, 15) is 0 Å². The average Bonchev–Trinajstić information content (AvgIpc) is 2.24. The zero-order chi connectivity index (χ0) is 12.7. The van der Waals surface area contributed by atoms with E-state index >= 15 is 0 Å². The molecule has 17 heavy (non-hydrogen) atoms. The second-order valence-corrected chi connectivity index (χ2v) is 4.68. The van der Waals surface area contributed by atoms with Gasteiger partial charge in [-0.05, 0) is 32.6 Å². The van der Waals surface area contributed by atoms with Gasteiger partial charge >= 0.3 is 0 Å². The fraction of sp³-hybridized carbons (Fsp3) is 0.692. The van der Waals surface area contributed by atoms with E-state index in [4.69, 9.17) is 0 Å². The molecule has 2 N–H and O–H groups in total. The van der Waals surface area contributed by atoms with Crippen LogP contribution >= 0.6 is 0 Å². The molecule has 96 valence electrons. The quantitative estimate of drug-likeness (QED) is 0.714. The summed E-state index contributed by atoms with van der Waals surface area (Å²) >= 11 is 0. The van der Waals surface area contributed by atoms with Crippen LogP contribution in [-0.2, 0) is 0 Å². The maximum Gasteiger partial charge on any atom is 0.131 e. The Morgan fingerprint density at radius 2 is 1.82 bits per heavy atom. The molecular formula is C13H24N4. The first kappa shape index (κ1) is 13.7. The number of anilines is 2. The lowest BCUT2D eigenvalue weighted by Gasteiger charge is -2.09. The second kappa shape index (κ2) is 7.09. The number of rotatable bonds is 7. The molecule has 0 saturated heterocycles. The van der Waals surface area contributed by atoms with Crippen molar-refractivity contribution in [2.75, 3.05) is 23.7 Å². The van der Waals surface area contributed by atoms with E-state index < -0.39 is 0 Å². The van der Waals surface area contributed by atoms with Gasteiger partial charge in [0.05, 0.1) is 0 Å². The van der Waals surface area contributed by atoms with Crippen LogP contribution in [0.25, 0.3) is 0 Å². The second-order valence-electron chi connectivity index (χ2n) is 4.68. The smallest absolute Gasteiger partial charge is 0.131 e. The van der Waals surface area contributed by atoms with E-state index in [0.29, 0.717) is 0 Å². The van der Waals surface area contributed by atoms with Gasteiger partial charge in [-0.25, -0.2) is 9.97 Å². The summed E-state index contributed by atoms with van der Waals surface area (Å²) < 4.78 is 0. The molecule has 0 aliphatic rings. The minimum Gasteiger partial charge on any atom is -0.370 e. The number of aryl methyl sites for hydroxylation is 1. The van der Waals surface area contributed by atoms with Crippen molar-refractivity contribution in [2.24, 2.45) is 5.92 Å². The van der Waals surface area contributed by atoms with Crippen molar-refractivity contribution in [3.8, 4) is 0 Å². The highest BCUT2D eigenvalue weighted by Crippen LogP contribution is 2.11. The normalized spacial score (nSPS) is 10.6. The zero-order valence-corrected chi connectivity index (χ0v) is 11.4. The molecule has 0 aliphatic heterocycles. The lowest BCUT2D eigenvalue weighted by atomic mass is 10.1. The summed E-state index contributed by atoms with van der Waals surface area (Å²) in [6.45, 7) is 10.3. The largest absolute Gasteiger partial charge is 0.370 e. The molecule has 1 aromatic heterocycles. The lowest BCUT2D eigenvalue weighted by molar-refractivity contribution is 0.566. The highest BCUT2D eigenvalue weighted by atomic mass is 15.1. The van der Waals surface area contributed by atoms with Crippen molar-refractivity contribution in [2.45, 2.75) is 40.5 Å². The molecular weight excluding hydrogens is 212 g/mol. The predicted molar refractivity (Wildman–Crippen MR) is 73.5 cm³/mol. The molecule has 0 amide bonds. The van der Waals surface area contributed by atoms with Gasteiger partial charge in [0.25, 0.3) is 0 Å². The molecule has 1 aromatic rings. The summed E-state index contributed by atoms with van der Waals surface area (Å²) in [6, 6.07) is 1.96. The van der Waals surface area contributed by atoms with Crippen LogP contribution in [0.15, 0.2) is 6.07 Å². The molecule has 1 rings (SSSR count). The van der Waals surface area contributed by atoms with Gasteiger partial charge < -0.3 is 10.6 Å². The van der Waals surface area contributed by atoms with Gasteiger partial charge in [0, 0.05) is 19.2 Å². The van der Waals surface area contributed by atoms with Gasteiger partial charge in [-0.3, -0.25) is 0 Å². The third kappa shape index (κ3) is 5.52. The average molecular weight is 236 g/mol. The molecule has 0 radical (unpaired) electrons. The number of aromatic nitrogens is 2.